The van der Waals surface area contributed by atoms with Crippen LogP contribution in [0.5, 0.6) is 0 Å². The molecule has 18 heteroatoms. The summed E-state index contributed by atoms with van der Waals surface area (Å²) in [6.07, 6.45) is 8.56. The maximum absolute atomic E-state index is 16.4. The highest BCUT2D eigenvalue weighted by Gasteiger charge is 2.60. The van der Waals surface area contributed by atoms with Crippen LogP contribution in [0.2, 0.25) is 0 Å². The summed E-state index contributed by atoms with van der Waals surface area (Å²) in [6.45, 7) is 12.6. The molecule has 2 aliphatic heterocycles. The normalized spacial score (nSPS) is 25.0. The predicted octanol–water partition coefficient (Wildman–Crippen LogP) is 8.34. The Morgan fingerprint density at radius 2 is 1.68 bits per heavy atom. The van der Waals surface area contributed by atoms with Gasteiger partial charge in [0.1, 0.15) is 22.9 Å². The van der Waals surface area contributed by atoms with Crippen LogP contribution in [0.25, 0.3) is 39.0 Å². The van der Waals surface area contributed by atoms with E-state index in [9.17, 15) is 4.79 Å². The van der Waals surface area contributed by atoms with Crippen LogP contribution in [-0.4, -0.2) is 86.2 Å². The van der Waals surface area contributed by atoms with E-state index in [1.807, 2.05) is 17.9 Å². The summed E-state index contributed by atoms with van der Waals surface area (Å²) in [5, 5.41) is 15.0. The summed E-state index contributed by atoms with van der Waals surface area (Å²) in [5.74, 6) is -0.984. The number of H-pyrrole nitrogens is 1. The minimum Gasteiger partial charge on any atom is -0.381 e. The highest BCUT2D eigenvalue weighted by Crippen LogP contribution is 2.57. The van der Waals surface area contributed by atoms with E-state index in [1.165, 1.54) is 21.5 Å². The van der Waals surface area contributed by atoms with Crippen LogP contribution in [0.1, 0.15) is 122 Å². The summed E-state index contributed by atoms with van der Waals surface area (Å²) in [7, 11) is 3.41. The van der Waals surface area contributed by atoms with Crippen molar-refractivity contribution in [2.75, 3.05) is 20.3 Å². The first-order chi connectivity index (χ1) is 33.9. The maximum atomic E-state index is 16.4. The molecule has 16 nitrogen and oxygen atoms in total. The van der Waals surface area contributed by atoms with E-state index in [1.54, 1.807) is 67.8 Å². The third kappa shape index (κ3) is 6.72. The largest absolute Gasteiger partial charge is 0.438 e. The summed E-state index contributed by atoms with van der Waals surface area (Å²) in [6, 6.07) is 14.4. The van der Waals surface area contributed by atoms with E-state index in [2.05, 4.69) is 58.8 Å². The molecule has 1 saturated heterocycles. The molecule has 8 aromatic rings. The van der Waals surface area contributed by atoms with Crippen LogP contribution in [0.15, 0.2) is 81.2 Å². The topological polar surface area (TPSA) is 165 Å². The molecule has 2 aliphatic carbocycles. The van der Waals surface area contributed by atoms with E-state index in [-0.39, 0.29) is 52.9 Å². The number of methoxy groups -OCH3 is 1. The molecule has 6 atom stereocenters. The monoisotopic (exact) mass is 966 g/mol. The number of carbonyl (C=O) groups is 1. The van der Waals surface area contributed by atoms with Gasteiger partial charge in [0.2, 0.25) is 0 Å². The Balaban J connectivity index is 1.07. The molecule has 368 valence electrons. The second kappa shape index (κ2) is 15.8. The molecular weight excluding hydrogens is 911 g/mol. The third-order valence-electron chi connectivity index (χ3n) is 16.4. The summed E-state index contributed by atoms with van der Waals surface area (Å²) in [5.41, 5.74) is 3.15. The van der Waals surface area contributed by atoms with Gasteiger partial charge in [-0.3, -0.25) is 28.1 Å². The van der Waals surface area contributed by atoms with Gasteiger partial charge >= 0.3 is 11.4 Å². The highest BCUT2D eigenvalue weighted by molar-refractivity contribution is 6.00. The zero-order chi connectivity index (χ0) is 49.6. The van der Waals surface area contributed by atoms with Crippen LogP contribution in [0.3, 0.4) is 0 Å². The summed E-state index contributed by atoms with van der Waals surface area (Å²) >= 11 is 0. The Morgan fingerprint density at radius 1 is 0.930 bits per heavy atom. The molecule has 4 aliphatic rings. The summed E-state index contributed by atoms with van der Waals surface area (Å²) in [4.78, 5) is 48.6. The number of rotatable bonds is 8. The van der Waals surface area contributed by atoms with Gasteiger partial charge in [0.25, 0.3) is 5.91 Å². The number of ether oxygens (including phenoxy) is 2. The number of aromatic nitrogens is 9. The van der Waals surface area contributed by atoms with Crippen LogP contribution < -0.4 is 11.4 Å². The first-order valence-corrected chi connectivity index (χ1v) is 24.4. The predicted molar refractivity (Wildman–Crippen MR) is 260 cm³/mol. The van der Waals surface area contributed by atoms with Crippen molar-refractivity contribution < 1.29 is 27.6 Å². The fourth-order valence-corrected chi connectivity index (χ4v) is 12.6. The molecule has 7 heterocycles. The standard InChI is InChI=1S/C53H56F2N10O6/c1-28-19-35(20-29(2)43(28)54)65-46(62-17-16-61(50(62)68)40-12-11-39-37(44(40)55)26-56-60(39)7)42-31(4)63(27-52(45(42)58-65)15-13-36(25-52)69-8)47(66)41-22-34-21-32(33-14-18-70-51(5,6)24-33)9-10-38(34)64(41)53(23-30(53)3)48-57-49(67)71-59-48/h9-12,16-17,19-22,26,30-31,33,36H,13-15,18,23-25,27H2,1-8H3,(H,57,59,67)/t30-,31-,33-,36?,52?,53-/m0/s1. The maximum Gasteiger partial charge on any atom is 0.438 e. The van der Waals surface area contributed by atoms with Gasteiger partial charge in [-0.15, -0.1) is 0 Å². The lowest BCUT2D eigenvalue weighted by Crippen LogP contribution is -2.50. The smallest absolute Gasteiger partial charge is 0.381 e. The highest BCUT2D eigenvalue weighted by atomic mass is 19.1. The van der Waals surface area contributed by atoms with Gasteiger partial charge in [-0.05, 0) is 144 Å². The number of aromatic amines is 1. The van der Waals surface area contributed by atoms with E-state index < -0.39 is 34.3 Å². The Hall–Kier alpha value is -6.92. The fourth-order valence-electron chi connectivity index (χ4n) is 12.6. The number of halogens is 2. The lowest BCUT2D eigenvalue weighted by molar-refractivity contribution is -0.0592. The third-order valence-corrected chi connectivity index (χ3v) is 16.4. The number of nitrogens with zero attached hydrogens (tertiary/aromatic N) is 9. The number of benzene rings is 3. The molecule has 12 rings (SSSR count). The Morgan fingerprint density at radius 3 is 2.37 bits per heavy atom. The van der Waals surface area contributed by atoms with Gasteiger partial charge in [0, 0.05) is 61.6 Å². The number of imidazole rings is 1. The number of aryl methyl sites for hydroxylation is 3. The van der Waals surface area contributed by atoms with Gasteiger partial charge in [-0.25, -0.2) is 23.1 Å². The molecule has 71 heavy (non-hydrogen) atoms. The average Bonchev–Trinajstić information content (AvgIpc) is 4.09. The van der Waals surface area contributed by atoms with Gasteiger partial charge < -0.3 is 18.9 Å². The molecule has 2 saturated carbocycles. The quantitative estimate of drug-likeness (QED) is 0.158. The molecule has 3 aromatic carbocycles. The molecule has 0 radical (unpaired) electrons. The first kappa shape index (κ1) is 45.2. The number of hydrogen-bond donors (Lipinski definition) is 1. The number of carbonyl (C=O) groups excluding carboxylic acids is 1. The van der Waals surface area contributed by atoms with Crippen LogP contribution >= 0.6 is 0 Å². The molecular formula is C53H56F2N10O6. The molecule has 0 bridgehead atoms. The van der Waals surface area contributed by atoms with Crippen molar-refractivity contribution in [3.63, 3.8) is 0 Å². The second-order valence-corrected chi connectivity index (χ2v) is 21.3. The second-order valence-electron chi connectivity index (χ2n) is 21.3. The van der Waals surface area contributed by atoms with E-state index in [4.69, 9.17) is 19.1 Å². The Kier molecular flexibility index (Phi) is 10.1. The minimum atomic E-state index is -0.893. The van der Waals surface area contributed by atoms with Gasteiger partial charge in [-0.1, -0.05) is 18.1 Å². The van der Waals surface area contributed by atoms with Crippen molar-refractivity contribution >= 4 is 27.7 Å². The minimum absolute atomic E-state index is 0.0255. The summed E-state index contributed by atoms with van der Waals surface area (Å²) < 4.78 is 57.1. The van der Waals surface area contributed by atoms with E-state index in [0.717, 1.165) is 29.3 Å². The SMILES string of the molecule is COC1CCC2(C1)CN(C(=O)c1cc3cc([C@H]4CCOC(C)(C)C4)ccc3n1[C@@]1(c3noc(=O)[nH]3)C[C@@H]1C)[C@@H](C)c1c2nn(-c2cc(C)c(F)c(C)c2)c1-n1ccn(-c2ccc3c(cnn3C)c2F)c1=O. The molecule has 3 fully saturated rings. The van der Waals surface area contributed by atoms with Crippen molar-refractivity contribution in [1.29, 1.82) is 0 Å². The number of nitrogens with one attached hydrogen (secondary N) is 1. The Labute approximate surface area is 406 Å². The number of amides is 1. The zero-order valence-corrected chi connectivity index (χ0v) is 41.0. The van der Waals surface area contributed by atoms with Gasteiger partial charge in [0.15, 0.2) is 11.6 Å². The van der Waals surface area contributed by atoms with Crippen LogP contribution in [0, 0.1) is 31.4 Å². The van der Waals surface area contributed by atoms with Crippen LogP contribution in [0.4, 0.5) is 8.78 Å². The van der Waals surface area contributed by atoms with Gasteiger partial charge in [0.05, 0.1) is 51.9 Å². The lowest BCUT2D eigenvalue weighted by Gasteiger charge is -2.43. The van der Waals surface area contributed by atoms with Gasteiger partial charge in [-0.2, -0.15) is 10.2 Å². The van der Waals surface area contributed by atoms with Crippen LogP contribution in [-0.2, 0) is 27.5 Å². The lowest BCUT2D eigenvalue weighted by atomic mass is 9.75. The van der Waals surface area contributed by atoms with Crippen molar-refractivity contribution in [3.8, 4) is 17.2 Å². The molecule has 2 unspecified atom stereocenters. The zero-order valence-electron chi connectivity index (χ0n) is 41.0. The van der Waals surface area contributed by atoms with E-state index in [0.29, 0.717) is 83.2 Å². The molecule has 5 aromatic heterocycles. The number of hydrogen-bond acceptors (Lipinski definition) is 9. The average molecular weight is 967 g/mol. The molecule has 1 spiro atoms. The van der Waals surface area contributed by atoms with Crippen molar-refractivity contribution in [3.05, 3.63) is 139 Å². The van der Waals surface area contributed by atoms with Crippen molar-refractivity contribution in [1.82, 2.24) is 48.3 Å². The first-order valence-electron chi connectivity index (χ1n) is 24.4. The van der Waals surface area contributed by atoms with Crippen molar-refractivity contribution in [2.45, 2.75) is 115 Å². The Bertz CT molecular complexity index is 3600. The molecule has 1 amide bonds. The fraction of sp³-hybridized carbons (Fsp3) is 0.434. The van der Waals surface area contributed by atoms with E-state index >= 15 is 18.4 Å². The number of fused-ring (bicyclic) bond motifs is 4. The van der Waals surface area contributed by atoms with Crippen molar-refractivity contribution in [2.24, 2.45) is 13.0 Å². The molecule has 1 N–H and O–H groups in total.